The average Bonchev–Trinajstić information content (AvgIpc) is 2.49. The molecule has 2 nitrogen and oxygen atoms in total. The van der Waals surface area contributed by atoms with Crippen LogP contribution >= 0.6 is 0 Å². The van der Waals surface area contributed by atoms with Crippen LogP contribution in [0.25, 0.3) is 10.8 Å². The molecule has 3 aromatic rings. The molecule has 0 heterocycles. The Labute approximate surface area is 115 Å². The average molecular weight is 266 g/mol. The fourth-order valence-corrected chi connectivity index (χ4v) is 2.07. The van der Waals surface area contributed by atoms with E-state index in [0.29, 0.717) is 11.3 Å². The van der Waals surface area contributed by atoms with E-state index in [0.717, 1.165) is 10.8 Å². The van der Waals surface area contributed by atoms with Crippen molar-refractivity contribution in [1.82, 2.24) is 0 Å². The highest BCUT2D eigenvalue weighted by Crippen LogP contribution is 2.20. The number of fused-ring (bicyclic) bond motifs is 1. The smallest absolute Gasteiger partial charge is 0.344 e. The summed E-state index contributed by atoms with van der Waals surface area (Å²) in [6.07, 6.45) is 0. The van der Waals surface area contributed by atoms with Gasteiger partial charge in [0.1, 0.15) is 11.6 Å². The zero-order valence-electron chi connectivity index (χ0n) is 10.5. The van der Waals surface area contributed by atoms with Crippen molar-refractivity contribution in [3.63, 3.8) is 0 Å². The second-order valence-corrected chi connectivity index (χ2v) is 4.37. The number of rotatable bonds is 2. The zero-order valence-corrected chi connectivity index (χ0v) is 10.5. The maximum Gasteiger partial charge on any atom is 0.344 e. The van der Waals surface area contributed by atoms with Crippen LogP contribution in [0.3, 0.4) is 0 Å². The lowest BCUT2D eigenvalue weighted by Crippen LogP contribution is -2.09. The van der Waals surface area contributed by atoms with Crippen LogP contribution in [0.1, 0.15) is 10.4 Å². The minimum absolute atomic E-state index is 0.323. The molecule has 0 unspecified atom stereocenters. The molecule has 0 aliphatic rings. The van der Waals surface area contributed by atoms with E-state index in [1.807, 2.05) is 36.4 Å². The molecule has 0 bridgehead atoms. The summed E-state index contributed by atoms with van der Waals surface area (Å²) in [5.41, 5.74) is 0.493. The van der Waals surface area contributed by atoms with Gasteiger partial charge in [0.15, 0.2) is 0 Å². The van der Waals surface area contributed by atoms with Crippen molar-refractivity contribution in [2.24, 2.45) is 0 Å². The van der Waals surface area contributed by atoms with E-state index in [-0.39, 0.29) is 5.82 Å². The lowest BCUT2D eigenvalue weighted by atomic mass is 10.0. The molecule has 0 spiro atoms. The van der Waals surface area contributed by atoms with E-state index >= 15 is 0 Å². The van der Waals surface area contributed by atoms with Gasteiger partial charge in [0.25, 0.3) is 0 Å². The summed E-state index contributed by atoms with van der Waals surface area (Å²) in [4.78, 5) is 12.2. The second-order valence-electron chi connectivity index (χ2n) is 4.37. The molecule has 0 atom stereocenters. The van der Waals surface area contributed by atoms with Crippen molar-refractivity contribution in [2.45, 2.75) is 0 Å². The Kier molecular flexibility index (Phi) is 3.17. The highest BCUT2D eigenvalue weighted by Gasteiger charge is 2.12. The summed E-state index contributed by atoms with van der Waals surface area (Å²) < 4.78 is 18.1. The first kappa shape index (κ1) is 12.4. The Morgan fingerprint density at radius 3 is 2.35 bits per heavy atom. The Morgan fingerprint density at radius 2 is 1.55 bits per heavy atom. The molecule has 0 aromatic heterocycles. The van der Waals surface area contributed by atoms with Crippen LogP contribution in [0.4, 0.5) is 4.39 Å². The maximum absolute atomic E-state index is 12.8. The minimum atomic E-state index is -0.451. The highest BCUT2D eigenvalue weighted by molar-refractivity contribution is 6.05. The van der Waals surface area contributed by atoms with Gasteiger partial charge in [-0.05, 0) is 41.1 Å². The topological polar surface area (TPSA) is 26.3 Å². The van der Waals surface area contributed by atoms with Crippen molar-refractivity contribution < 1.29 is 13.9 Å². The second kappa shape index (κ2) is 5.13. The summed E-state index contributed by atoms with van der Waals surface area (Å²) in [5, 5.41) is 1.81. The van der Waals surface area contributed by atoms with Crippen molar-refractivity contribution in [2.75, 3.05) is 0 Å². The van der Waals surface area contributed by atoms with Crippen LogP contribution in [0, 0.1) is 5.82 Å². The predicted molar refractivity (Wildman–Crippen MR) is 75.3 cm³/mol. The fourth-order valence-electron chi connectivity index (χ4n) is 2.07. The number of carbonyl (C=O) groups is 1. The van der Waals surface area contributed by atoms with E-state index in [9.17, 15) is 9.18 Å². The number of ether oxygens (including phenoxy) is 1. The molecular formula is C17H11FO2. The molecule has 0 saturated heterocycles. The number of esters is 1. The summed E-state index contributed by atoms with van der Waals surface area (Å²) in [7, 11) is 0. The van der Waals surface area contributed by atoms with Crippen molar-refractivity contribution in [3.8, 4) is 5.75 Å². The van der Waals surface area contributed by atoms with E-state index in [2.05, 4.69) is 0 Å². The number of hydrogen-bond donors (Lipinski definition) is 0. The molecule has 98 valence electrons. The number of hydrogen-bond acceptors (Lipinski definition) is 2. The van der Waals surface area contributed by atoms with Crippen LogP contribution in [-0.4, -0.2) is 5.97 Å². The van der Waals surface area contributed by atoms with Crippen LogP contribution in [0.2, 0.25) is 0 Å². The van der Waals surface area contributed by atoms with Gasteiger partial charge in [-0.25, -0.2) is 9.18 Å². The Morgan fingerprint density at radius 1 is 0.850 bits per heavy atom. The van der Waals surface area contributed by atoms with Gasteiger partial charge >= 0.3 is 5.97 Å². The van der Waals surface area contributed by atoms with E-state index in [4.69, 9.17) is 4.74 Å². The lowest BCUT2D eigenvalue weighted by molar-refractivity contribution is 0.0736. The first-order chi connectivity index (χ1) is 9.74. The number of carbonyl (C=O) groups excluding carboxylic acids is 1. The quantitative estimate of drug-likeness (QED) is 0.513. The third-order valence-electron chi connectivity index (χ3n) is 3.03. The standard InChI is InChI=1S/C17H11FO2/c18-13-8-10-14(11-9-13)20-17(19)16-7-3-5-12-4-1-2-6-15(12)16/h1-11H. The van der Waals surface area contributed by atoms with E-state index in [1.165, 1.54) is 24.3 Å². The van der Waals surface area contributed by atoms with Gasteiger partial charge in [-0.1, -0.05) is 36.4 Å². The molecule has 3 rings (SSSR count). The molecule has 20 heavy (non-hydrogen) atoms. The molecule has 0 aliphatic heterocycles. The van der Waals surface area contributed by atoms with Gasteiger partial charge in [-0.2, -0.15) is 0 Å². The molecule has 3 aromatic carbocycles. The Hall–Kier alpha value is -2.68. The first-order valence-corrected chi connectivity index (χ1v) is 6.19. The van der Waals surface area contributed by atoms with E-state index in [1.54, 1.807) is 6.07 Å². The first-order valence-electron chi connectivity index (χ1n) is 6.19. The maximum atomic E-state index is 12.8. The summed E-state index contributed by atoms with van der Waals surface area (Å²) in [6.45, 7) is 0. The summed E-state index contributed by atoms with van der Waals surface area (Å²) in [6, 6.07) is 18.4. The third-order valence-corrected chi connectivity index (χ3v) is 3.03. The largest absolute Gasteiger partial charge is 0.423 e. The van der Waals surface area contributed by atoms with Crippen LogP contribution < -0.4 is 4.74 Å². The van der Waals surface area contributed by atoms with Gasteiger partial charge in [0, 0.05) is 0 Å². The van der Waals surface area contributed by atoms with Crippen LogP contribution in [0.15, 0.2) is 66.7 Å². The normalized spacial score (nSPS) is 10.4. The van der Waals surface area contributed by atoms with Crippen LogP contribution in [0.5, 0.6) is 5.75 Å². The SMILES string of the molecule is O=C(Oc1ccc(F)cc1)c1cccc2ccccc12. The number of halogens is 1. The Balaban J connectivity index is 1.94. The lowest BCUT2D eigenvalue weighted by Gasteiger charge is -2.07. The monoisotopic (exact) mass is 266 g/mol. The third kappa shape index (κ3) is 2.38. The molecule has 0 N–H and O–H groups in total. The van der Waals surface area contributed by atoms with Gasteiger partial charge < -0.3 is 4.74 Å². The molecule has 0 saturated carbocycles. The summed E-state index contributed by atoms with van der Waals surface area (Å²) in [5.74, 6) is -0.493. The fraction of sp³-hybridized carbons (Fsp3) is 0. The van der Waals surface area contributed by atoms with Crippen molar-refractivity contribution in [3.05, 3.63) is 78.1 Å². The summed E-state index contributed by atoms with van der Waals surface area (Å²) >= 11 is 0. The molecule has 3 heteroatoms. The zero-order chi connectivity index (χ0) is 13.9. The molecule has 0 amide bonds. The molecule has 0 fully saturated rings. The van der Waals surface area contributed by atoms with E-state index < -0.39 is 5.97 Å². The minimum Gasteiger partial charge on any atom is -0.423 e. The van der Waals surface area contributed by atoms with Gasteiger partial charge in [-0.15, -0.1) is 0 Å². The van der Waals surface area contributed by atoms with Gasteiger partial charge in [0.2, 0.25) is 0 Å². The number of benzene rings is 3. The van der Waals surface area contributed by atoms with Gasteiger partial charge in [0.05, 0.1) is 5.56 Å². The molecule has 0 aliphatic carbocycles. The van der Waals surface area contributed by atoms with Crippen LogP contribution in [-0.2, 0) is 0 Å². The molecule has 0 radical (unpaired) electrons. The van der Waals surface area contributed by atoms with Crippen molar-refractivity contribution >= 4 is 16.7 Å². The molecular weight excluding hydrogens is 255 g/mol. The Bertz CT molecular complexity index is 758. The predicted octanol–water partition coefficient (Wildman–Crippen LogP) is 4.20. The highest BCUT2D eigenvalue weighted by atomic mass is 19.1. The van der Waals surface area contributed by atoms with Gasteiger partial charge in [-0.3, -0.25) is 0 Å². The van der Waals surface area contributed by atoms with Crippen molar-refractivity contribution in [1.29, 1.82) is 0 Å².